The van der Waals surface area contributed by atoms with Crippen LogP contribution in [0.15, 0.2) is 23.4 Å². The molecule has 92 valence electrons. The van der Waals surface area contributed by atoms with Crippen LogP contribution in [-0.4, -0.2) is 35.9 Å². The summed E-state index contributed by atoms with van der Waals surface area (Å²) in [5, 5.41) is 8.56. The molecule has 0 radical (unpaired) electrons. The number of imidazole rings is 1. The van der Waals surface area contributed by atoms with Crippen molar-refractivity contribution in [1.82, 2.24) is 9.97 Å². The molecule has 2 rings (SSSR count). The monoisotopic (exact) mass is 255 g/mol. The van der Waals surface area contributed by atoms with E-state index in [1.165, 1.54) is 0 Å². The lowest BCUT2D eigenvalue weighted by Crippen LogP contribution is -2.09. The molecule has 0 aliphatic carbocycles. The molecule has 1 aromatic heterocycles. The first-order chi connectivity index (χ1) is 8.03. The molecule has 0 saturated carbocycles. The zero-order valence-electron chi connectivity index (χ0n) is 9.05. The number of nitrogen functional groups attached to an aromatic ring is 1. The lowest BCUT2D eigenvalue weighted by molar-refractivity contribution is 0.295. The van der Waals surface area contributed by atoms with Gasteiger partial charge in [-0.15, -0.1) is 0 Å². The molecule has 0 aliphatic rings. The van der Waals surface area contributed by atoms with Crippen LogP contribution in [0.2, 0.25) is 0 Å². The summed E-state index contributed by atoms with van der Waals surface area (Å²) in [6, 6.07) is 4.95. The van der Waals surface area contributed by atoms with Crippen molar-refractivity contribution in [2.45, 2.75) is 11.6 Å². The second-order valence-electron chi connectivity index (χ2n) is 3.71. The highest BCUT2D eigenvalue weighted by Crippen LogP contribution is 2.18. The first kappa shape index (κ1) is 11.9. The van der Waals surface area contributed by atoms with Gasteiger partial charge in [-0.25, -0.2) is 13.4 Å². The van der Waals surface area contributed by atoms with Gasteiger partial charge in [0, 0.05) is 12.3 Å². The van der Waals surface area contributed by atoms with Crippen molar-refractivity contribution in [1.29, 1.82) is 0 Å². The van der Waals surface area contributed by atoms with Crippen LogP contribution < -0.4 is 5.73 Å². The molecule has 0 bridgehead atoms. The lowest BCUT2D eigenvalue weighted by atomic mass is 10.3. The van der Waals surface area contributed by atoms with E-state index in [-0.39, 0.29) is 23.9 Å². The van der Waals surface area contributed by atoms with Gasteiger partial charge in [0.1, 0.15) is 0 Å². The second kappa shape index (κ2) is 4.34. The van der Waals surface area contributed by atoms with E-state index in [0.717, 1.165) is 0 Å². The number of fused-ring (bicyclic) bond motifs is 1. The molecule has 7 heteroatoms. The summed E-state index contributed by atoms with van der Waals surface area (Å²) < 4.78 is 23.6. The molecule has 1 heterocycles. The van der Waals surface area contributed by atoms with E-state index in [1.807, 2.05) is 0 Å². The van der Waals surface area contributed by atoms with E-state index in [0.29, 0.717) is 16.7 Å². The van der Waals surface area contributed by atoms with Crippen molar-refractivity contribution < 1.29 is 13.5 Å². The fraction of sp³-hybridized carbons (Fsp3) is 0.300. The third-order valence-electron chi connectivity index (χ3n) is 2.35. The predicted octanol–water partition coefficient (Wildman–Crippen LogP) is 0.301. The van der Waals surface area contributed by atoms with E-state index >= 15 is 0 Å². The van der Waals surface area contributed by atoms with Crippen LogP contribution in [0.25, 0.3) is 11.0 Å². The van der Waals surface area contributed by atoms with Gasteiger partial charge in [-0.1, -0.05) is 0 Å². The van der Waals surface area contributed by atoms with Gasteiger partial charge >= 0.3 is 0 Å². The number of aromatic nitrogens is 2. The van der Waals surface area contributed by atoms with Crippen LogP contribution >= 0.6 is 0 Å². The molecule has 17 heavy (non-hydrogen) atoms. The molecule has 0 fully saturated rings. The van der Waals surface area contributed by atoms with E-state index in [9.17, 15) is 8.42 Å². The van der Waals surface area contributed by atoms with Crippen molar-refractivity contribution in [3.63, 3.8) is 0 Å². The Labute approximate surface area is 98.4 Å². The molecule has 0 unspecified atom stereocenters. The van der Waals surface area contributed by atoms with Crippen LogP contribution in [0.4, 0.5) is 5.69 Å². The summed E-state index contributed by atoms with van der Waals surface area (Å²) in [4.78, 5) is 6.72. The molecule has 0 saturated heterocycles. The Kier molecular flexibility index (Phi) is 3.03. The Bertz CT molecular complexity index is 633. The number of aliphatic hydroxyl groups excluding tert-OH is 1. The van der Waals surface area contributed by atoms with E-state index in [2.05, 4.69) is 9.97 Å². The number of anilines is 1. The van der Waals surface area contributed by atoms with Gasteiger partial charge in [0.15, 0.2) is 0 Å². The first-order valence-electron chi connectivity index (χ1n) is 5.12. The number of aliphatic hydroxyl groups is 1. The standard InChI is InChI=1S/C10H13N3O3S/c11-7-2-3-8-9(6-7)13-10(12-8)17(15,16)5-1-4-14/h2-3,6,14H,1,4-5,11H2,(H,12,13). The highest BCUT2D eigenvalue weighted by Gasteiger charge is 2.18. The Morgan fingerprint density at radius 3 is 2.88 bits per heavy atom. The Balaban J connectivity index is 2.43. The van der Waals surface area contributed by atoms with Crippen molar-refractivity contribution in [2.24, 2.45) is 0 Å². The van der Waals surface area contributed by atoms with Gasteiger partial charge in [-0.3, -0.25) is 0 Å². The minimum Gasteiger partial charge on any atom is -0.399 e. The van der Waals surface area contributed by atoms with Gasteiger partial charge < -0.3 is 15.8 Å². The maximum absolute atomic E-state index is 11.8. The third kappa shape index (κ3) is 2.40. The van der Waals surface area contributed by atoms with Crippen LogP contribution in [0.5, 0.6) is 0 Å². The summed E-state index contributed by atoms with van der Waals surface area (Å²) in [5.74, 6) is -0.126. The molecule has 0 atom stereocenters. The Morgan fingerprint density at radius 1 is 1.41 bits per heavy atom. The molecule has 6 nitrogen and oxygen atoms in total. The molecule has 0 amide bonds. The zero-order valence-corrected chi connectivity index (χ0v) is 9.87. The van der Waals surface area contributed by atoms with E-state index < -0.39 is 9.84 Å². The maximum atomic E-state index is 11.8. The summed E-state index contributed by atoms with van der Waals surface area (Å²) in [6.07, 6.45) is 0.196. The third-order valence-corrected chi connectivity index (χ3v) is 3.96. The maximum Gasteiger partial charge on any atom is 0.226 e. The number of hydrogen-bond donors (Lipinski definition) is 3. The van der Waals surface area contributed by atoms with Crippen molar-refractivity contribution in [3.8, 4) is 0 Å². The fourth-order valence-electron chi connectivity index (χ4n) is 1.50. The zero-order chi connectivity index (χ0) is 12.5. The van der Waals surface area contributed by atoms with Crippen LogP contribution in [-0.2, 0) is 9.84 Å². The molecular weight excluding hydrogens is 242 g/mol. The summed E-state index contributed by atoms with van der Waals surface area (Å²) >= 11 is 0. The van der Waals surface area contributed by atoms with E-state index in [4.69, 9.17) is 10.8 Å². The smallest absolute Gasteiger partial charge is 0.226 e. The number of aromatic amines is 1. The number of nitrogens with one attached hydrogen (secondary N) is 1. The largest absolute Gasteiger partial charge is 0.399 e. The van der Waals surface area contributed by atoms with Crippen LogP contribution in [0.1, 0.15) is 6.42 Å². The topological polar surface area (TPSA) is 109 Å². The van der Waals surface area contributed by atoms with E-state index in [1.54, 1.807) is 18.2 Å². The van der Waals surface area contributed by atoms with Gasteiger partial charge in [-0.05, 0) is 24.6 Å². The number of sulfone groups is 1. The minimum atomic E-state index is -3.46. The highest BCUT2D eigenvalue weighted by atomic mass is 32.2. The molecule has 0 spiro atoms. The number of nitrogens with zero attached hydrogens (tertiary/aromatic N) is 1. The van der Waals surface area contributed by atoms with Crippen molar-refractivity contribution >= 4 is 26.6 Å². The number of hydrogen-bond acceptors (Lipinski definition) is 5. The van der Waals surface area contributed by atoms with Gasteiger partial charge in [-0.2, -0.15) is 0 Å². The number of benzene rings is 1. The van der Waals surface area contributed by atoms with Gasteiger partial charge in [0.05, 0.1) is 16.8 Å². The summed E-state index contributed by atoms with van der Waals surface area (Å²) in [6.45, 7) is -0.160. The normalized spacial score (nSPS) is 12.1. The molecule has 2 aromatic rings. The minimum absolute atomic E-state index is 0.0773. The number of rotatable bonds is 4. The number of nitrogens with two attached hydrogens (primary N) is 1. The van der Waals surface area contributed by atoms with Gasteiger partial charge in [0.2, 0.25) is 15.0 Å². The molecule has 1 aromatic carbocycles. The van der Waals surface area contributed by atoms with Crippen molar-refractivity contribution in [3.05, 3.63) is 18.2 Å². The quantitative estimate of drug-likeness (QED) is 0.681. The number of H-pyrrole nitrogens is 1. The van der Waals surface area contributed by atoms with Crippen LogP contribution in [0.3, 0.4) is 0 Å². The summed E-state index contributed by atoms with van der Waals surface area (Å²) in [7, 11) is -3.46. The average Bonchev–Trinajstić information content (AvgIpc) is 2.70. The predicted molar refractivity (Wildman–Crippen MR) is 64.3 cm³/mol. The van der Waals surface area contributed by atoms with Crippen molar-refractivity contribution in [2.75, 3.05) is 18.1 Å². The Hall–Kier alpha value is -1.60. The Morgan fingerprint density at radius 2 is 2.18 bits per heavy atom. The highest BCUT2D eigenvalue weighted by molar-refractivity contribution is 7.91. The van der Waals surface area contributed by atoms with Gasteiger partial charge in [0.25, 0.3) is 0 Å². The molecular formula is C10H13N3O3S. The summed E-state index contributed by atoms with van der Waals surface area (Å²) in [5.41, 5.74) is 7.28. The second-order valence-corrected chi connectivity index (χ2v) is 5.74. The fourth-order valence-corrected chi connectivity index (χ4v) is 2.71. The average molecular weight is 255 g/mol. The SMILES string of the molecule is Nc1ccc2nc(S(=O)(=O)CCCO)[nH]c2c1. The lowest BCUT2D eigenvalue weighted by Gasteiger charge is -1.97. The first-order valence-corrected chi connectivity index (χ1v) is 6.77. The molecule has 0 aliphatic heterocycles. The molecule has 4 N–H and O–H groups in total. The van der Waals surface area contributed by atoms with Crippen LogP contribution in [0, 0.1) is 0 Å².